The number of likely N-dealkylation sites (N-methyl/N-ethyl adjacent to an activating group) is 1. The molecule has 0 aliphatic rings. The molecule has 0 radical (unpaired) electrons. The molecule has 6 heteroatoms. The maximum absolute atomic E-state index is 13.5. The molecule has 1 aromatic heterocycles. The minimum atomic E-state index is -3.74. The number of ether oxygens (including phenoxy) is 1. The Labute approximate surface area is 189 Å². The number of hydrogen-bond donors (Lipinski definition) is 0. The van der Waals surface area contributed by atoms with E-state index in [2.05, 4.69) is 4.90 Å². The third-order valence-corrected chi connectivity index (χ3v) is 7.17. The lowest BCUT2D eigenvalue weighted by atomic mass is 10.1. The molecule has 166 valence electrons. The van der Waals surface area contributed by atoms with Gasteiger partial charge in [0.15, 0.2) is 0 Å². The highest BCUT2D eigenvalue weighted by atomic mass is 32.2. The van der Waals surface area contributed by atoms with E-state index in [0.717, 1.165) is 28.6 Å². The molecule has 4 rings (SSSR count). The number of hydrogen-bond acceptors (Lipinski definition) is 4. The molecule has 0 saturated heterocycles. The van der Waals surface area contributed by atoms with Crippen molar-refractivity contribution in [2.45, 2.75) is 24.8 Å². The van der Waals surface area contributed by atoms with Crippen LogP contribution in [0.1, 0.15) is 16.7 Å². The Kier molecular flexibility index (Phi) is 6.35. The van der Waals surface area contributed by atoms with Crippen LogP contribution in [0.3, 0.4) is 0 Å². The summed E-state index contributed by atoms with van der Waals surface area (Å²) >= 11 is 0. The molecule has 3 aromatic carbocycles. The predicted octanol–water partition coefficient (Wildman–Crippen LogP) is 4.87. The van der Waals surface area contributed by atoms with Gasteiger partial charge in [0.2, 0.25) is 0 Å². The molecule has 0 atom stereocenters. The van der Waals surface area contributed by atoms with Gasteiger partial charge < -0.3 is 9.64 Å². The first-order valence-corrected chi connectivity index (χ1v) is 12.1. The minimum Gasteiger partial charge on any atom is -0.488 e. The summed E-state index contributed by atoms with van der Waals surface area (Å²) in [5.41, 5.74) is 3.66. The van der Waals surface area contributed by atoms with E-state index in [1.54, 1.807) is 18.3 Å². The largest absolute Gasteiger partial charge is 0.488 e. The van der Waals surface area contributed by atoms with Crippen molar-refractivity contribution in [3.05, 3.63) is 95.7 Å². The lowest BCUT2D eigenvalue weighted by molar-refractivity contribution is 0.310. The maximum atomic E-state index is 13.5. The topological polar surface area (TPSA) is 51.5 Å². The fourth-order valence-corrected chi connectivity index (χ4v) is 5.10. The fraction of sp³-hybridized carbons (Fsp3) is 0.231. The summed E-state index contributed by atoms with van der Waals surface area (Å²) in [6.07, 6.45) is 2.46. The van der Waals surface area contributed by atoms with Crippen LogP contribution in [0.5, 0.6) is 5.75 Å². The molecule has 1 heterocycles. The van der Waals surface area contributed by atoms with Crippen LogP contribution in [0.2, 0.25) is 0 Å². The average molecular weight is 449 g/mol. The van der Waals surface area contributed by atoms with Crippen molar-refractivity contribution < 1.29 is 13.2 Å². The molecular weight excluding hydrogens is 420 g/mol. The molecular formula is C26H28N2O3S. The molecule has 0 aliphatic carbocycles. The van der Waals surface area contributed by atoms with Crippen LogP contribution < -0.4 is 4.74 Å². The van der Waals surface area contributed by atoms with Gasteiger partial charge in [-0.05, 0) is 62.8 Å². The summed E-state index contributed by atoms with van der Waals surface area (Å²) in [6, 6.07) is 22.5. The van der Waals surface area contributed by atoms with Crippen molar-refractivity contribution >= 4 is 20.9 Å². The van der Waals surface area contributed by atoms with Crippen LogP contribution in [0.15, 0.2) is 83.9 Å². The van der Waals surface area contributed by atoms with Gasteiger partial charge in [-0.2, -0.15) is 0 Å². The average Bonchev–Trinajstić information content (AvgIpc) is 3.17. The third kappa shape index (κ3) is 4.56. The van der Waals surface area contributed by atoms with Crippen molar-refractivity contribution in [1.82, 2.24) is 8.87 Å². The van der Waals surface area contributed by atoms with Crippen LogP contribution in [-0.4, -0.2) is 37.9 Å². The van der Waals surface area contributed by atoms with E-state index in [0.29, 0.717) is 24.3 Å². The molecule has 0 spiro atoms. The standard InChI is InChI=1S/C26H28N2O3S/c1-20-12-14-23(15-13-20)32(29,30)28-18-22(16-17-27(2)3)26-24(28)10-7-11-25(26)31-19-21-8-5-4-6-9-21/h4-15,18H,16-17,19H2,1-3H3. The Balaban J connectivity index is 1.81. The Hall–Kier alpha value is -3.09. The van der Waals surface area contributed by atoms with Gasteiger partial charge in [-0.3, -0.25) is 0 Å². The van der Waals surface area contributed by atoms with Gasteiger partial charge in [-0.15, -0.1) is 0 Å². The molecule has 0 N–H and O–H groups in total. The van der Waals surface area contributed by atoms with E-state index in [1.807, 2.05) is 81.7 Å². The summed E-state index contributed by atoms with van der Waals surface area (Å²) in [5, 5.41) is 0.848. The zero-order valence-corrected chi connectivity index (χ0v) is 19.5. The Morgan fingerprint density at radius 1 is 0.906 bits per heavy atom. The van der Waals surface area contributed by atoms with E-state index in [1.165, 1.54) is 3.97 Å². The Morgan fingerprint density at radius 2 is 1.62 bits per heavy atom. The third-order valence-electron chi connectivity index (χ3n) is 5.48. The second-order valence-corrected chi connectivity index (χ2v) is 10.1. The van der Waals surface area contributed by atoms with Gasteiger partial charge in [0.05, 0.1) is 10.4 Å². The van der Waals surface area contributed by atoms with Crippen molar-refractivity contribution in [2.24, 2.45) is 0 Å². The zero-order chi connectivity index (χ0) is 22.7. The highest BCUT2D eigenvalue weighted by molar-refractivity contribution is 7.90. The first-order valence-electron chi connectivity index (χ1n) is 10.6. The van der Waals surface area contributed by atoms with Crippen LogP contribution in [0.4, 0.5) is 0 Å². The van der Waals surface area contributed by atoms with Crippen molar-refractivity contribution in [1.29, 1.82) is 0 Å². The van der Waals surface area contributed by atoms with E-state index in [-0.39, 0.29) is 4.90 Å². The van der Waals surface area contributed by atoms with E-state index >= 15 is 0 Å². The van der Waals surface area contributed by atoms with Crippen LogP contribution >= 0.6 is 0 Å². The maximum Gasteiger partial charge on any atom is 0.268 e. The van der Waals surface area contributed by atoms with Crippen molar-refractivity contribution in [3.8, 4) is 5.75 Å². The molecule has 0 bridgehead atoms. The summed E-state index contributed by atoms with van der Waals surface area (Å²) in [6.45, 7) is 3.16. The van der Waals surface area contributed by atoms with Crippen LogP contribution in [0.25, 0.3) is 10.9 Å². The van der Waals surface area contributed by atoms with E-state index in [4.69, 9.17) is 4.74 Å². The second-order valence-electron chi connectivity index (χ2n) is 8.25. The van der Waals surface area contributed by atoms with Gasteiger partial charge in [-0.1, -0.05) is 54.1 Å². The molecule has 5 nitrogen and oxygen atoms in total. The van der Waals surface area contributed by atoms with Crippen molar-refractivity contribution in [3.63, 3.8) is 0 Å². The number of aryl methyl sites for hydroxylation is 1. The number of nitrogens with zero attached hydrogens (tertiary/aromatic N) is 2. The van der Waals surface area contributed by atoms with Gasteiger partial charge in [0, 0.05) is 18.1 Å². The molecule has 0 unspecified atom stereocenters. The quantitative estimate of drug-likeness (QED) is 0.386. The molecule has 0 fully saturated rings. The highest BCUT2D eigenvalue weighted by Crippen LogP contribution is 2.34. The van der Waals surface area contributed by atoms with Crippen LogP contribution in [-0.2, 0) is 23.1 Å². The highest BCUT2D eigenvalue weighted by Gasteiger charge is 2.23. The number of rotatable bonds is 8. The Morgan fingerprint density at radius 3 is 2.31 bits per heavy atom. The first kappa shape index (κ1) is 22.1. The normalized spacial score (nSPS) is 11.9. The number of aromatic nitrogens is 1. The monoisotopic (exact) mass is 448 g/mol. The molecule has 0 saturated carbocycles. The van der Waals surface area contributed by atoms with Crippen molar-refractivity contribution in [2.75, 3.05) is 20.6 Å². The summed E-state index contributed by atoms with van der Waals surface area (Å²) in [5.74, 6) is 0.693. The van der Waals surface area contributed by atoms with Gasteiger partial charge in [0.25, 0.3) is 10.0 Å². The van der Waals surface area contributed by atoms with E-state index < -0.39 is 10.0 Å². The molecule has 0 aliphatic heterocycles. The lowest BCUT2D eigenvalue weighted by Gasteiger charge is -2.11. The van der Waals surface area contributed by atoms with Gasteiger partial charge >= 0.3 is 0 Å². The number of benzene rings is 3. The summed E-state index contributed by atoms with van der Waals surface area (Å²) < 4.78 is 34.6. The lowest BCUT2D eigenvalue weighted by Crippen LogP contribution is -2.15. The predicted molar refractivity (Wildman–Crippen MR) is 129 cm³/mol. The van der Waals surface area contributed by atoms with Gasteiger partial charge in [0.1, 0.15) is 12.4 Å². The van der Waals surface area contributed by atoms with E-state index in [9.17, 15) is 8.42 Å². The van der Waals surface area contributed by atoms with Crippen LogP contribution in [0, 0.1) is 6.92 Å². The second kappa shape index (κ2) is 9.18. The SMILES string of the molecule is Cc1ccc(S(=O)(=O)n2cc(CCN(C)C)c3c(OCc4ccccc4)cccc32)cc1. The fourth-order valence-electron chi connectivity index (χ4n) is 3.71. The van der Waals surface area contributed by atoms with Gasteiger partial charge in [-0.25, -0.2) is 12.4 Å². The smallest absolute Gasteiger partial charge is 0.268 e. The minimum absolute atomic E-state index is 0.273. The summed E-state index contributed by atoms with van der Waals surface area (Å²) in [7, 11) is 0.282. The molecule has 4 aromatic rings. The number of fused-ring (bicyclic) bond motifs is 1. The molecule has 32 heavy (non-hydrogen) atoms. The zero-order valence-electron chi connectivity index (χ0n) is 18.7. The first-order chi connectivity index (χ1) is 15.4. The molecule has 0 amide bonds. The summed E-state index contributed by atoms with van der Waals surface area (Å²) in [4.78, 5) is 2.36. The Bertz CT molecular complexity index is 1310.